The van der Waals surface area contributed by atoms with E-state index in [1.807, 2.05) is 11.9 Å². The van der Waals surface area contributed by atoms with E-state index in [1.165, 1.54) is 36.4 Å². The molecule has 0 aromatic carbocycles. The van der Waals surface area contributed by atoms with Crippen LogP contribution in [0.5, 0.6) is 0 Å². The molecule has 2 heterocycles. The highest BCUT2D eigenvalue weighted by Gasteiger charge is 2.18. The van der Waals surface area contributed by atoms with Gasteiger partial charge in [0.2, 0.25) is 0 Å². The highest BCUT2D eigenvalue weighted by molar-refractivity contribution is 7.14. The van der Waals surface area contributed by atoms with Crippen molar-refractivity contribution in [1.29, 1.82) is 0 Å². The summed E-state index contributed by atoms with van der Waals surface area (Å²) in [5, 5.41) is 0. The van der Waals surface area contributed by atoms with Crippen LogP contribution in [0.4, 0.5) is 0 Å². The van der Waals surface area contributed by atoms with Gasteiger partial charge in [0, 0.05) is 25.0 Å². The number of amides is 1. The van der Waals surface area contributed by atoms with E-state index in [1.54, 1.807) is 11.3 Å². The number of carbonyl (C=O) groups is 1. The van der Waals surface area contributed by atoms with Crippen LogP contribution < -0.4 is 0 Å². The van der Waals surface area contributed by atoms with Gasteiger partial charge in [-0.25, -0.2) is 0 Å². The molecule has 4 heteroatoms. The molecule has 1 aromatic rings. The van der Waals surface area contributed by atoms with Crippen LogP contribution in [0.2, 0.25) is 0 Å². The molecule has 118 valence electrons. The molecule has 0 unspecified atom stereocenters. The van der Waals surface area contributed by atoms with Crippen molar-refractivity contribution in [2.75, 3.05) is 33.2 Å². The summed E-state index contributed by atoms with van der Waals surface area (Å²) < 4.78 is 0. The van der Waals surface area contributed by atoms with Crippen molar-refractivity contribution < 1.29 is 4.79 Å². The Hall–Kier alpha value is -0.870. The van der Waals surface area contributed by atoms with Gasteiger partial charge in [0.05, 0.1) is 4.88 Å². The minimum atomic E-state index is 0.191. The average Bonchev–Trinajstić information content (AvgIpc) is 3.13. The molecule has 1 amide bonds. The number of aryl methyl sites for hydroxylation is 2. The van der Waals surface area contributed by atoms with Gasteiger partial charge >= 0.3 is 0 Å². The third-order valence-corrected chi connectivity index (χ3v) is 5.49. The topological polar surface area (TPSA) is 23.6 Å². The van der Waals surface area contributed by atoms with E-state index in [4.69, 9.17) is 0 Å². The molecule has 0 aliphatic carbocycles. The van der Waals surface area contributed by atoms with Crippen molar-refractivity contribution in [2.45, 2.75) is 46.0 Å². The summed E-state index contributed by atoms with van der Waals surface area (Å²) in [6.07, 6.45) is 5.88. The summed E-state index contributed by atoms with van der Waals surface area (Å²) in [7, 11) is 1.93. The highest BCUT2D eigenvalue weighted by atomic mass is 32.1. The zero-order valence-corrected chi connectivity index (χ0v) is 14.5. The van der Waals surface area contributed by atoms with E-state index >= 15 is 0 Å². The predicted molar refractivity (Wildman–Crippen MR) is 90.3 cm³/mol. The van der Waals surface area contributed by atoms with Crippen molar-refractivity contribution in [3.05, 3.63) is 21.4 Å². The number of nitrogens with zero attached hydrogens (tertiary/aromatic N) is 2. The van der Waals surface area contributed by atoms with Gasteiger partial charge in [-0.3, -0.25) is 4.79 Å². The number of hydrogen-bond acceptors (Lipinski definition) is 3. The Kier molecular flexibility index (Phi) is 6.24. The van der Waals surface area contributed by atoms with E-state index in [0.29, 0.717) is 0 Å². The molecule has 0 radical (unpaired) electrons. The second kappa shape index (κ2) is 7.95. The third kappa shape index (κ3) is 4.30. The molecular formula is C17H28N2OS. The molecule has 1 aliphatic rings. The summed E-state index contributed by atoms with van der Waals surface area (Å²) in [5.41, 5.74) is 1.36. The van der Waals surface area contributed by atoms with Crippen molar-refractivity contribution in [3.8, 4) is 0 Å². The lowest BCUT2D eigenvalue weighted by atomic mass is 10.1. The van der Waals surface area contributed by atoms with Crippen LogP contribution in [0.25, 0.3) is 0 Å². The Morgan fingerprint density at radius 1 is 1.33 bits per heavy atom. The Bertz CT molecular complexity index is 463. The van der Waals surface area contributed by atoms with Crippen LogP contribution in [0.15, 0.2) is 6.07 Å². The smallest absolute Gasteiger partial charge is 0.263 e. The van der Waals surface area contributed by atoms with E-state index < -0.39 is 0 Å². The molecular weight excluding hydrogens is 280 g/mol. The average molecular weight is 308 g/mol. The lowest BCUT2D eigenvalue weighted by Gasteiger charge is -2.21. The van der Waals surface area contributed by atoms with Gasteiger partial charge in [-0.2, -0.15) is 0 Å². The second-order valence-electron chi connectivity index (χ2n) is 5.94. The summed E-state index contributed by atoms with van der Waals surface area (Å²) in [6, 6.07) is 2.12. The molecule has 0 N–H and O–H groups in total. The lowest BCUT2D eigenvalue weighted by Crippen LogP contribution is -2.34. The number of carbonyl (C=O) groups excluding carboxylic acids is 1. The Morgan fingerprint density at radius 3 is 2.67 bits per heavy atom. The minimum Gasteiger partial charge on any atom is -0.340 e. The van der Waals surface area contributed by atoms with Gasteiger partial charge in [-0.1, -0.05) is 20.3 Å². The molecule has 1 fully saturated rings. The first-order chi connectivity index (χ1) is 10.2. The Morgan fingerprint density at radius 2 is 2.05 bits per heavy atom. The molecule has 0 spiro atoms. The van der Waals surface area contributed by atoms with Crippen LogP contribution in [0.3, 0.4) is 0 Å². The van der Waals surface area contributed by atoms with Crippen LogP contribution in [0, 0.1) is 0 Å². The van der Waals surface area contributed by atoms with Crippen molar-refractivity contribution in [2.24, 2.45) is 0 Å². The van der Waals surface area contributed by atoms with Crippen LogP contribution in [-0.4, -0.2) is 48.9 Å². The maximum Gasteiger partial charge on any atom is 0.263 e. The van der Waals surface area contributed by atoms with Crippen LogP contribution in [0.1, 0.15) is 53.2 Å². The number of likely N-dealkylation sites (tertiary alicyclic amines) is 1. The summed E-state index contributed by atoms with van der Waals surface area (Å²) in [5.74, 6) is 0.191. The van der Waals surface area contributed by atoms with Crippen LogP contribution in [-0.2, 0) is 12.8 Å². The molecule has 3 nitrogen and oxygen atoms in total. The molecule has 21 heavy (non-hydrogen) atoms. The fourth-order valence-electron chi connectivity index (χ4n) is 2.90. The lowest BCUT2D eigenvalue weighted by molar-refractivity contribution is 0.0787. The monoisotopic (exact) mass is 308 g/mol. The SMILES string of the molecule is CCCc1sc(C(=O)N(C)CCN2CCCC2)cc1CC. The van der Waals surface area contributed by atoms with E-state index in [9.17, 15) is 4.79 Å². The predicted octanol–water partition coefficient (Wildman–Crippen LogP) is 3.43. The number of likely N-dealkylation sites (N-methyl/N-ethyl adjacent to an activating group) is 1. The first-order valence-corrected chi connectivity index (χ1v) is 9.06. The van der Waals surface area contributed by atoms with Crippen molar-refractivity contribution in [3.63, 3.8) is 0 Å². The zero-order valence-electron chi connectivity index (χ0n) is 13.7. The fourth-order valence-corrected chi connectivity index (χ4v) is 4.25. The Balaban J connectivity index is 1.94. The first-order valence-electron chi connectivity index (χ1n) is 8.25. The normalized spacial score (nSPS) is 15.6. The van der Waals surface area contributed by atoms with E-state index in [0.717, 1.165) is 37.2 Å². The Labute approximate surface area is 132 Å². The number of thiophene rings is 1. The van der Waals surface area contributed by atoms with Crippen molar-refractivity contribution in [1.82, 2.24) is 9.80 Å². The fraction of sp³-hybridized carbons (Fsp3) is 0.706. The quantitative estimate of drug-likeness (QED) is 0.770. The molecule has 1 aromatic heterocycles. The van der Waals surface area contributed by atoms with Gasteiger partial charge in [0.15, 0.2) is 0 Å². The minimum absolute atomic E-state index is 0.191. The zero-order chi connectivity index (χ0) is 15.2. The van der Waals surface area contributed by atoms with Gasteiger partial charge in [0.1, 0.15) is 0 Å². The largest absolute Gasteiger partial charge is 0.340 e. The van der Waals surface area contributed by atoms with E-state index in [-0.39, 0.29) is 5.91 Å². The molecule has 0 saturated carbocycles. The van der Waals surface area contributed by atoms with Gasteiger partial charge < -0.3 is 9.80 Å². The second-order valence-corrected chi connectivity index (χ2v) is 7.07. The molecule has 0 bridgehead atoms. The maximum atomic E-state index is 12.6. The molecule has 1 aliphatic heterocycles. The molecule has 2 rings (SSSR count). The molecule has 1 saturated heterocycles. The summed E-state index contributed by atoms with van der Waals surface area (Å²) in [6.45, 7) is 8.61. The van der Waals surface area contributed by atoms with Crippen LogP contribution >= 0.6 is 11.3 Å². The third-order valence-electron chi connectivity index (χ3n) is 4.26. The maximum absolute atomic E-state index is 12.6. The standard InChI is InChI=1S/C17H28N2OS/c1-4-8-15-14(5-2)13-16(21-15)17(20)18(3)11-12-19-9-6-7-10-19/h13H,4-12H2,1-3H3. The van der Waals surface area contributed by atoms with E-state index in [2.05, 4.69) is 24.8 Å². The van der Waals surface area contributed by atoms with Crippen molar-refractivity contribution >= 4 is 17.2 Å². The van der Waals surface area contributed by atoms with Gasteiger partial charge in [0.25, 0.3) is 5.91 Å². The number of rotatable bonds is 7. The number of hydrogen-bond donors (Lipinski definition) is 0. The summed E-state index contributed by atoms with van der Waals surface area (Å²) in [4.78, 5) is 19.2. The van der Waals surface area contributed by atoms with Gasteiger partial charge in [-0.05, 0) is 50.4 Å². The molecule has 0 atom stereocenters. The highest BCUT2D eigenvalue weighted by Crippen LogP contribution is 2.25. The van der Waals surface area contributed by atoms with Gasteiger partial charge in [-0.15, -0.1) is 11.3 Å². The first kappa shape index (κ1) is 16.5. The summed E-state index contributed by atoms with van der Waals surface area (Å²) >= 11 is 1.70.